The predicted octanol–water partition coefficient (Wildman–Crippen LogP) is 3.35. The Hall–Kier alpha value is -2.62. The number of carbonyl (C=O) groups excluding carboxylic acids is 2. The van der Waals surface area contributed by atoms with Crippen LogP contribution in [0.3, 0.4) is 0 Å². The van der Waals surface area contributed by atoms with E-state index in [-0.39, 0.29) is 41.5 Å². The highest BCUT2D eigenvalue weighted by Gasteiger charge is 2.33. The lowest BCUT2D eigenvalue weighted by atomic mass is 9.97. The van der Waals surface area contributed by atoms with Crippen molar-refractivity contribution in [1.29, 1.82) is 0 Å². The molecule has 0 aromatic heterocycles. The lowest BCUT2D eigenvalue weighted by Gasteiger charge is -2.31. The quantitative estimate of drug-likeness (QED) is 0.680. The molecule has 10 heteroatoms. The Morgan fingerprint density at radius 1 is 1.03 bits per heavy atom. The number of nitrogens with zero attached hydrogens (tertiary/aromatic N) is 1. The maximum absolute atomic E-state index is 13.1. The van der Waals surface area contributed by atoms with Gasteiger partial charge in [0.15, 0.2) is 0 Å². The summed E-state index contributed by atoms with van der Waals surface area (Å²) in [4.78, 5) is 23.7. The Balaban J connectivity index is 1.62. The van der Waals surface area contributed by atoms with Gasteiger partial charge in [-0.15, -0.1) is 0 Å². The number of hydrogen-bond donors (Lipinski definition) is 2. The molecule has 0 unspecified atom stereocenters. The van der Waals surface area contributed by atoms with Gasteiger partial charge in [-0.3, -0.25) is 9.59 Å². The number of hydrogen-bond acceptors (Lipinski definition) is 5. The van der Waals surface area contributed by atoms with Gasteiger partial charge < -0.3 is 15.4 Å². The normalized spacial score (nSPS) is 15.3. The smallest absolute Gasteiger partial charge is 0.246 e. The number of benzene rings is 2. The minimum Gasteiger partial charge on any atom is -0.495 e. The molecule has 0 aliphatic carbocycles. The van der Waals surface area contributed by atoms with Crippen molar-refractivity contribution in [3.63, 3.8) is 0 Å². The fourth-order valence-corrected chi connectivity index (χ4v) is 5.32. The molecule has 0 atom stereocenters. The Bertz CT molecular complexity index is 1060. The number of methoxy groups -OCH3 is 1. The SMILES string of the molecule is COc1ccc(Cl)cc1S(=O)(=O)N1CCC(C(=O)Nc2ccc(NC(C)=O)cc2)CC1. The largest absolute Gasteiger partial charge is 0.495 e. The molecule has 0 radical (unpaired) electrons. The molecular weight excluding hydrogens is 442 g/mol. The summed E-state index contributed by atoms with van der Waals surface area (Å²) in [7, 11) is -2.39. The number of sulfonamides is 1. The molecule has 8 nitrogen and oxygen atoms in total. The first-order valence-corrected chi connectivity index (χ1v) is 11.5. The molecule has 1 heterocycles. The molecule has 1 fully saturated rings. The minimum atomic E-state index is -3.79. The Morgan fingerprint density at radius 2 is 1.61 bits per heavy atom. The summed E-state index contributed by atoms with van der Waals surface area (Å²) in [5.74, 6) is -0.409. The first-order chi connectivity index (χ1) is 14.7. The molecule has 2 amide bonds. The first kappa shape index (κ1) is 23.1. The van der Waals surface area contributed by atoms with Crippen LogP contribution in [0.5, 0.6) is 5.75 Å². The summed E-state index contributed by atoms with van der Waals surface area (Å²) in [5, 5.41) is 5.81. The van der Waals surface area contributed by atoms with E-state index in [0.29, 0.717) is 29.2 Å². The van der Waals surface area contributed by atoms with Crippen molar-refractivity contribution in [3.8, 4) is 5.75 Å². The number of halogens is 1. The van der Waals surface area contributed by atoms with Gasteiger partial charge in [0.1, 0.15) is 10.6 Å². The minimum absolute atomic E-state index is 0.0182. The van der Waals surface area contributed by atoms with Gasteiger partial charge in [0.05, 0.1) is 7.11 Å². The molecule has 1 saturated heterocycles. The molecule has 0 spiro atoms. The highest BCUT2D eigenvalue weighted by atomic mass is 35.5. The van der Waals surface area contributed by atoms with E-state index in [4.69, 9.17) is 16.3 Å². The molecule has 3 rings (SSSR count). The number of anilines is 2. The number of amides is 2. The van der Waals surface area contributed by atoms with Crippen molar-refractivity contribution in [2.24, 2.45) is 5.92 Å². The van der Waals surface area contributed by atoms with Gasteiger partial charge in [-0.1, -0.05) is 11.6 Å². The van der Waals surface area contributed by atoms with E-state index in [0.717, 1.165) is 0 Å². The summed E-state index contributed by atoms with van der Waals surface area (Å²) >= 11 is 5.98. The van der Waals surface area contributed by atoms with Gasteiger partial charge in [-0.25, -0.2) is 8.42 Å². The lowest BCUT2D eigenvalue weighted by molar-refractivity contribution is -0.121. The standard InChI is InChI=1S/C21H24ClN3O5S/c1-14(26)23-17-4-6-18(7-5-17)24-21(27)15-9-11-25(12-10-15)31(28,29)20-13-16(22)3-8-19(20)30-2/h3-8,13,15H,9-12H2,1-2H3,(H,23,26)(H,24,27). The van der Waals surface area contributed by atoms with Crippen molar-refractivity contribution >= 4 is 44.8 Å². The summed E-state index contributed by atoms with van der Waals surface area (Å²) in [6.45, 7) is 1.86. The van der Waals surface area contributed by atoms with E-state index < -0.39 is 10.0 Å². The van der Waals surface area contributed by atoms with E-state index in [9.17, 15) is 18.0 Å². The van der Waals surface area contributed by atoms with Crippen LogP contribution >= 0.6 is 11.6 Å². The van der Waals surface area contributed by atoms with E-state index in [1.54, 1.807) is 30.3 Å². The second kappa shape index (κ2) is 9.67. The maximum atomic E-state index is 13.1. The Morgan fingerprint density at radius 3 is 2.16 bits per heavy atom. The topological polar surface area (TPSA) is 105 Å². The van der Waals surface area contributed by atoms with Crippen molar-refractivity contribution in [2.45, 2.75) is 24.7 Å². The third kappa shape index (κ3) is 5.55. The second-order valence-electron chi connectivity index (χ2n) is 7.22. The monoisotopic (exact) mass is 465 g/mol. The van der Waals surface area contributed by atoms with Crippen LogP contribution < -0.4 is 15.4 Å². The van der Waals surface area contributed by atoms with Gasteiger partial charge in [-0.05, 0) is 55.3 Å². The molecule has 2 aromatic rings. The number of piperidine rings is 1. The first-order valence-electron chi connectivity index (χ1n) is 9.73. The molecule has 0 saturated carbocycles. The van der Waals surface area contributed by atoms with Gasteiger partial charge >= 0.3 is 0 Å². The highest BCUT2D eigenvalue weighted by molar-refractivity contribution is 7.89. The fourth-order valence-electron chi connectivity index (χ4n) is 3.43. The molecule has 31 heavy (non-hydrogen) atoms. The molecule has 2 N–H and O–H groups in total. The summed E-state index contributed by atoms with van der Waals surface area (Å²) in [6.07, 6.45) is 0.801. The molecule has 1 aliphatic heterocycles. The highest BCUT2D eigenvalue weighted by Crippen LogP contribution is 2.32. The fraction of sp³-hybridized carbons (Fsp3) is 0.333. The van der Waals surface area contributed by atoms with Crippen LogP contribution in [0.1, 0.15) is 19.8 Å². The van der Waals surface area contributed by atoms with Gasteiger partial charge in [0.25, 0.3) is 0 Å². The maximum Gasteiger partial charge on any atom is 0.246 e. The van der Waals surface area contributed by atoms with Crippen molar-refractivity contribution < 1.29 is 22.7 Å². The Kier molecular flexibility index (Phi) is 7.19. The number of carbonyl (C=O) groups is 2. The van der Waals surface area contributed by atoms with Crippen molar-refractivity contribution in [2.75, 3.05) is 30.8 Å². The average molecular weight is 466 g/mol. The van der Waals surface area contributed by atoms with Crippen LogP contribution in [0.15, 0.2) is 47.4 Å². The van der Waals surface area contributed by atoms with E-state index in [2.05, 4.69) is 10.6 Å². The second-order valence-corrected chi connectivity index (χ2v) is 9.56. The molecule has 2 aromatic carbocycles. The number of ether oxygens (including phenoxy) is 1. The zero-order valence-electron chi connectivity index (χ0n) is 17.2. The summed E-state index contributed by atoms with van der Waals surface area (Å²) in [5.41, 5.74) is 1.25. The molecule has 0 bridgehead atoms. The van der Waals surface area contributed by atoms with E-state index in [1.165, 1.54) is 30.5 Å². The van der Waals surface area contributed by atoms with Crippen LogP contribution in [-0.2, 0) is 19.6 Å². The van der Waals surface area contributed by atoms with Crippen LogP contribution in [-0.4, -0.2) is 44.7 Å². The summed E-state index contributed by atoms with van der Waals surface area (Å²) in [6, 6.07) is 11.3. The predicted molar refractivity (Wildman–Crippen MR) is 119 cm³/mol. The third-order valence-electron chi connectivity index (χ3n) is 5.04. The molecule has 1 aliphatic rings. The third-order valence-corrected chi connectivity index (χ3v) is 7.20. The van der Waals surface area contributed by atoms with Crippen LogP contribution in [0.4, 0.5) is 11.4 Å². The molecular formula is C21H24ClN3O5S. The average Bonchev–Trinajstić information content (AvgIpc) is 2.74. The van der Waals surface area contributed by atoms with Gasteiger partial charge in [0, 0.05) is 42.3 Å². The van der Waals surface area contributed by atoms with Crippen LogP contribution in [0.25, 0.3) is 0 Å². The van der Waals surface area contributed by atoms with Crippen LogP contribution in [0, 0.1) is 5.92 Å². The Labute approximate surface area is 186 Å². The van der Waals surface area contributed by atoms with Crippen molar-refractivity contribution in [3.05, 3.63) is 47.5 Å². The van der Waals surface area contributed by atoms with Crippen molar-refractivity contribution in [1.82, 2.24) is 4.31 Å². The zero-order valence-corrected chi connectivity index (χ0v) is 18.8. The van der Waals surface area contributed by atoms with E-state index >= 15 is 0 Å². The van der Waals surface area contributed by atoms with Gasteiger partial charge in [0.2, 0.25) is 21.8 Å². The number of rotatable bonds is 6. The molecule has 166 valence electrons. The zero-order chi connectivity index (χ0) is 22.6. The van der Waals surface area contributed by atoms with Gasteiger partial charge in [-0.2, -0.15) is 4.31 Å². The van der Waals surface area contributed by atoms with Crippen LogP contribution in [0.2, 0.25) is 5.02 Å². The number of nitrogens with one attached hydrogen (secondary N) is 2. The van der Waals surface area contributed by atoms with E-state index in [1.807, 2.05) is 0 Å². The lowest BCUT2D eigenvalue weighted by Crippen LogP contribution is -2.41. The summed E-state index contributed by atoms with van der Waals surface area (Å²) < 4.78 is 32.6.